The maximum Gasteiger partial charge on any atom is 0.0933 e. The van der Waals surface area contributed by atoms with E-state index in [1.807, 2.05) is 0 Å². The second kappa shape index (κ2) is 14.8. The zero-order valence-electron chi connectivity index (χ0n) is 35.9. The van der Waals surface area contributed by atoms with E-state index >= 15 is 0 Å². The first kappa shape index (κ1) is 37.1. The predicted molar refractivity (Wildman–Crippen MR) is 269 cm³/mol. The molecule has 2 aliphatic heterocycles. The van der Waals surface area contributed by atoms with Crippen LogP contribution >= 0.6 is 0 Å². The second-order valence-corrected chi connectivity index (χ2v) is 17.3. The van der Waals surface area contributed by atoms with Gasteiger partial charge in [0.05, 0.1) is 45.5 Å². The van der Waals surface area contributed by atoms with Gasteiger partial charge < -0.3 is 18.9 Å². The van der Waals surface area contributed by atoms with Crippen molar-refractivity contribution in [3.63, 3.8) is 0 Å². The molecule has 2 aromatic heterocycles. The number of nitrogens with zero attached hydrogens (tertiary/aromatic N) is 4. The van der Waals surface area contributed by atoms with E-state index < -0.39 is 0 Å². The summed E-state index contributed by atoms with van der Waals surface area (Å²) in [5, 5.41) is 4.96. The van der Waals surface area contributed by atoms with Gasteiger partial charge in [0, 0.05) is 61.5 Å². The van der Waals surface area contributed by atoms with E-state index in [0.29, 0.717) is 0 Å². The Labute approximate surface area is 378 Å². The summed E-state index contributed by atoms with van der Waals surface area (Å²) in [7, 11) is 0. The van der Waals surface area contributed by atoms with Gasteiger partial charge in [-0.1, -0.05) is 139 Å². The van der Waals surface area contributed by atoms with Crippen molar-refractivity contribution in [2.75, 3.05) is 9.80 Å². The molecule has 0 spiro atoms. The second-order valence-electron chi connectivity index (χ2n) is 17.3. The van der Waals surface area contributed by atoms with Crippen LogP contribution in [-0.2, 0) is 0 Å². The minimum absolute atomic E-state index is 0.0889. The summed E-state index contributed by atoms with van der Waals surface area (Å²) in [6, 6.07) is 64.6. The number of hydrogen-bond donors (Lipinski definition) is 0. The molecular weight excluding hydrogens is 789 g/mol. The fourth-order valence-corrected chi connectivity index (χ4v) is 10.8. The van der Waals surface area contributed by atoms with Crippen LogP contribution in [-0.4, -0.2) is 21.2 Å². The van der Waals surface area contributed by atoms with Gasteiger partial charge in [0.1, 0.15) is 0 Å². The molecule has 2 aliphatic carbocycles. The maximum atomic E-state index is 3.65. The van der Waals surface area contributed by atoms with Crippen LogP contribution in [0.4, 0.5) is 11.4 Å². The Morgan fingerprint density at radius 2 is 1.15 bits per heavy atom. The quantitative estimate of drug-likeness (QED) is 0.161. The number of allylic oxidation sites excluding steroid dienone is 6. The lowest BCUT2D eigenvalue weighted by Crippen LogP contribution is -2.37. The van der Waals surface area contributed by atoms with Crippen molar-refractivity contribution in [2.24, 2.45) is 0 Å². The van der Waals surface area contributed by atoms with Crippen LogP contribution in [0.5, 0.6) is 0 Å². The third-order valence-corrected chi connectivity index (χ3v) is 13.7. The van der Waals surface area contributed by atoms with E-state index in [2.05, 4.69) is 250 Å². The Morgan fingerprint density at radius 1 is 0.523 bits per heavy atom. The van der Waals surface area contributed by atoms with Crippen LogP contribution in [0, 0.1) is 12.1 Å². The van der Waals surface area contributed by atoms with Crippen LogP contribution in [0.25, 0.3) is 66.1 Å². The number of rotatable bonds is 5. The monoisotopic (exact) mass is 830 g/mol. The average Bonchev–Trinajstić information content (AvgIpc) is 4.01. The molecule has 4 heteroatoms. The SMILES string of the molecule is CC1/C=C\C=C/CC2=C(C=C3C4=C(C=C=C=C4)N(c4ccccc4)C3C2)N1c1c#cc(-c2ccc(-n3c4ccccc4c4ccc5c6ccccc6n(-c6ccccc6)c5c43)cc2)cc1. The first-order chi connectivity index (χ1) is 32.2. The van der Waals surface area contributed by atoms with Crippen LogP contribution in [0.3, 0.4) is 0 Å². The van der Waals surface area contributed by atoms with E-state index in [4.69, 9.17) is 0 Å². The highest BCUT2D eigenvalue weighted by atomic mass is 15.2. The molecule has 4 aliphatic rings. The van der Waals surface area contributed by atoms with E-state index in [0.717, 1.165) is 41.0 Å². The summed E-state index contributed by atoms with van der Waals surface area (Å²) in [6.45, 7) is 2.27. The topological polar surface area (TPSA) is 16.3 Å². The van der Waals surface area contributed by atoms with Gasteiger partial charge in [-0.15, -0.1) is 0 Å². The van der Waals surface area contributed by atoms with Gasteiger partial charge in [-0.2, -0.15) is 0 Å². The highest BCUT2D eigenvalue weighted by molar-refractivity contribution is 6.23. The van der Waals surface area contributed by atoms with E-state index in [1.54, 1.807) is 0 Å². The van der Waals surface area contributed by atoms with Crippen molar-refractivity contribution in [2.45, 2.75) is 31.8 Å². The normalized spacial score (nSPS) is 18.7. The lowest BCUT2D eigenvalue weighted by atomic mass is 9.86. The van der Waals surface area contributed by atoms with Gasteiger partial charge in [-0.3, -0.25) is 0 Å². The maximum absolute atomic E-state index is 3.65. The summed E-state index contributed by atoms with van der Waals surface area (Å²) in [4.78, 5) is 4.94. The number of anilines is 2. The number of hydrogen-bond acceptors (Lipinski definition) is 2. The summed E-state index contributed by atoms with van der Waals surface area (Å²) in [5.74, 6) is 0. The molecule has 0 N–H and O–H groups in total. The Kier molecular flexibility index (Phi) is 8.48. The molecule has 2 atom stereocenters. The molecule has 4 heterocycles. The van der Waals surface area contributed by atoms with Gasteiger partial charge in [-0.25, -0.2) is 0 Å². The van der Waals surface area contributed by atoms with E-state index in [-0.39, 0.29) is 12.1 Å². The first-order valence-corrected chi connectivity index (χ1v) is 22.6. The fourth-order valence-electron chi connectivity index (χ4n) is 10.8. The third kappa shape index (κ3) is 5.81. The Hall–Kier alpha value is -8.44. The molecule has 9 aromatic rings. The summed E-state index contributed by atoms with van der Waals surface area (Å²) < 4.78 is 4.89. The van der Waals surface area contributed by atoms with Crippen LogP contribution in [0.2, 0.25) is 0 Å². The molecule has 7 aromatic carbocycles. The highest BCUT2D eigenvalue weighted by Gasteiger charge is 2.40. The highest BCUT2D eigenvalue weighted by Crippen LogP contribution is 2.47. The van der Waals surface area contributed by atoms with Crippen molar-refractivity contribution in [3.05, 3.63) is 252 Å². The lowest BCUT2D eigenvalue weighted by molar-refractivity contribution is 0.704. The van der Waals surface area contributed by atoms with Crippen LogP contribution in [0.15, 0.2) is 240 Å². The fraction of sp³-hybridized carbons (Fsp3) is 0.0820. The van der Waals surface area contributed by atoms with Gasteiger partial charge in [0.2, 0.25) is 0 Å². The van der Waals surface area contributed by atoms with E-state index in [9.17, 15) is 0 Å². The van der Waals surface area contributed by atoms with Crippen molar-refractivity contribution in [1.29, 1.82) is 0 Å². The minimum atomic E-state index is 0.0889. The summed E-state index contributed by atoms with van der Waals surface area (Å²) in [6.07, 6.45) is 17.4. The lowest BCUT2D eigenvalue weighted by Gasteiger charge is -2.37. The molecule has 0 amide bonds. The molecule has 0 saturated carbocycles. The zero-order valence-corrected chi connectivity index (χ0v) is 35.9. The summed E-state index contributed by atoms with van der Waals surface area (Å²) >= 11 is 0. The third-order valence-electron chi connectivity index (χ3n) is 13.7. The molecule has 0 fully saturated rings. The van der Waals surface area contributed by atoms with Crippen molar-refractivity contribution >= 4 is 55.0 Å². The van der Waals surface area contributed by atoms with Crippen molar-refractivity contribution < 1.29 is 0 Å². The minimum Gasteiger partial charge on any atom is -0.333 e. The smallest absolute Gasteiger partial charge is 0.0933 e. The molecule has 65 heavy (non-hydrogen) atoms. The van der Waals surface area contributed by atoms with Gasteiger partial charge in [-0.05, 0) is 115 Å². The number of para-hydroxylation sites is 4. The molecule has 2 unspecified atom stereocenters. The summed E-state index contributed by atoms with van der Waals surface area (Å²) in [5.41, 5.74) is 24.2. The molecule has 13 rings (SSSR count). The van der Waals surface area contributed by atoms with Gasteiger partial charge in [0.25, 0.3) is 0 Å². The Morgan fingerprint density at radius 3 is 1.83 bits per heavy atom. The Bertz CT molecular complexity index is 3670. The Balaban J connectivity index is 0.892. The van der Waals surface area contributed by atoms with Gasteiger partial charge in [0.15, 0.2) is 0 Å². The van der Waals surface area contributed by atoms with Crippen LogP contribution < -0.4 is 9.80 Å². The molecular formula is C61H42N4. The van der Waals surface area contributed by atoms with Crippen molar-refractivity contribution in [1.82, 2.24) is 9.13 Å². The number of aromatic nitrogens is 2. The van der Waals surface area contributed by atoms with Crippen molar-refractivity contribution in [3.8, 4) is 22.5 Å². The average molecular weight is 831 g/mol. The molecule has 0 bridgehead atoms. The molecule has 306 valence electrons. The van der Waals surface area contributed by atoms with Gasteiger partial charge >= 0.3 is 0 Å². The molecule has 4 nitrogen and oxygen atoms in total. The molecule has 0 radical (unpaired) electrons. The van der Waals surface area contributed by atoms with E-state index in [1.165, 1.54) is 77.4 Å². The molecule has 0 saturated heterocycles. The van der Waals surface area contributed by atoms with Crippen LogP contribution in [0.1, 0.15) is 19.8 Å². The first-order valence-electron chi connectivity index (χ1n) is 22.6. The predicted octanol–water partition coefficient (Wildman–Crippen LogP) is 14.5. The number of benzene rings is 6. The largest absolute Gasteiger partial charge is 0.333 e. The zero-order chi connectivity index (χ0) is 43.0. The number of fused-ring (bicyclic) bond motifs is 9. The standard InChI is InChI=1S/C61H42N4/c1-41-17-5-2-6-18-44-39-59-54(51-25-13-14-26-55(51)63(59)45-19-7-3-8-20-45)40-58(44)62(41)47-33-29-42(30-34-47)43-31-35-48(36-32-43)65-57-28-16-12-24-50(57)53-38-37-52-49-23-11-15-27-56(49)64(60(52)61(53)65)46-21-9-4-10-22-46/h2-12,15-17,19-29,31-33,35-38,40-41,59H,18,39H2,1H3/b6-2-,17-5-.